The minimum absolute atomic E-state index is 0.128. The van der Waals surface area contributed by atoms with Gasteiger partial charge in [-0.1, -0.05) is 25.0 Å². The third-order valence-corrected chi connectivity index (χ3v) is 5.92. The molecule has 0 radical (unpaired) electrons. The van der Waals surface area contributed by atoms with Gasteiger partial charge < -0.3 is 4.90 Å². The maximum absolute atomic E-state index is 13.0. The molecule has 0 N–H and O–H groups in total. The van der Waals surface area contributed by atoms with Crippen LogP contribution in [0.15, 0.2) is 30.5 Å². The Morgan fingerprint density at radius 2 is 1.92 bits per heavy atom. The molecule has 0 unspecified atom stereocenters. The number of carbonyl (C=O) groups is 1. The number of piperidine rings is 1. The average Bonchev–Trinajstić information content (AvgIpc) is 3.22. The van der Waals surface area contributed by atoms with Crippen LogP contribution in [0.1, 0.15) is 44.2 Å². The van der Waals surface area contributed by atoms with Crippen LogP contribution < -0.4 is 0 Å². The number of nitrogens with zero attached hydrogens (tertiary/aromatic N) is 4. The van der Waals surface area contributed by atoms with Crippen LogP contribution in [0.2, 0.25) is 0 Å². The van der Waals surface area contributed by atoms with Crippen molar-refractivity contribution in [1.82, 2.24) is 19.8 Å². The fraction of sp³-hybridized carbons (Fsp3) is 0.571. The van der Waals surface area contributed by atoms with Crippen molar-refractivity contribution < 1.29 is 4.79 Å². The molecular weight excluding hydrogens is 324 g/mol. The highest BCUT2D eigenvalue weighted by atomic mass is 16.2. The van der Waals surface area contributed by atoms with Gasteiger partial charge >= 0.3 is 0 Å². The van der Waals surface area contributed by atoms with E-state index >= 15 is 0 Å². The lowest BCUT2D eigenvalue weighted by molar-refractivity contribution is -0.136. The van der Waals surface area contributed by atoms with Gasteiger partial charge in [-0.2, -0.15) is 0 Å². The molecule has 5 heteroatoms. The third kappa shape index (κ3) is 3.73. The lowest BCUT2D eigenvalue weighted by atomic mass is 9.95. The summed E-state index contributed by atoms with van der Waals surface area (Å²) in [5, 5.41) is 0. The fourth-order valence-electron chi connectivity index (χ4n) is 4.51. The summed E-state index contributed by atoms with van der Waals surface area (Å²) in [5.74, 6) is 0.380. The molecule has 1 aliphatic carbocycles. The lowest BCUT2D eigenvalue weighted by Gasteiger charge is -2.37. The number of hydrogen-bond acceptors (Lipinski definition) is 4. The number of amides is 1. The average molecular weight is 352 g/mol. The first kappa shape index (κ1) is 17.4. The molecule has 2 heterocycles. The summed E-state index contributed by atoms with van der Waals surface area (Å²) in [7, 11) is 1.90. The highest BCUT2D eigenvalue weighted by Crippen LogP contribution is 2.28. The van der Waals surface area contributed by atoms with E-state index in [1.807, 2.05) is 36.2 Å². The van der Waals surface area contributed by atoms with E-state index in [4.69, 9.17) is 0 Å². The van der Waals surface area contributed by atoms with Gasteiger partial charge in [0.15, 0.2) is 0 Å². The van der Waals surface area contributed by atoms with E-state index in [2.05, 4.69) is 14.9 Å². The minimum Gasteiger partial charge on any atom is -0.340 e. The van der Waals surface area contributed by atoms with Crippen molar-refractivity contribution in [2.45, 2.75) is 51.1 Å². The van der Waals surface area contributed by atoms with Gasteiger partial charge in [0, 0.05) is 19.6 Å². The molecule has 0 spiro atoms. The number of hydrogen-bond donors (Lipinski definition) is 0. The summed E-state index contributed by atoms with van der Waals surface area (Å²) in [6.45, 7) is 2.61. The van der Waals surface area contributed by atoms with Gasteiger partial charge in [-0.05, 0) is 44.4 Å². The summed E-state index contributed by atoms with van der Waals surface area (Å²) in [6, 6.07) is 8.57. The van der Waals surface area contributed by atoms with Crippen LogP contribution >= 0.6 is 0 Å². The van der Waals surface area contributed by atoms with Crippen LogP contribution in [0.3, 0.4) is 0 Å². The van der Waals surface area contributed by atoms with E-state index in [1.54, 1.807) is 6.20 Å². The van der Waals surface area contributed by atoms with Crippen molar-refractivity contribution >= 4 is 16.9 Å². The highest BCUT2D eigenvalue weighted by molar-refractivity contribution is 5.79. The Labute approximate surface area is 155 Å². The molecule has 4 rings (SSSR count). The second-order valence-electron chi connectivity index (χ2n) is 7.82. The number of likely N-dealkylation sites (tertiary alicyclic amines) is 1. The zero-order valence-corrected chi connectivity index (χ0v) is 15.6. The Balaban J connectivity index is 1.40. The van der Waals surface area contributed by atoms with Crippen molar-refractivity contribution in [1.29, 1.82) is 0 Å². The number of para-hydroxylation sites is 2. The van der Waals surface area contributed by atoms with Crippen molar-refractivity contribution in [2.75, 3.05) is 20.1 Å². The van der Waals surface area contributed by atoms with Gasteiger partial charge in [0.05, 0.1) is 35.4 Å². The van der Waals surface area contributed by atoms with Crippen LogP contribution in [0.25, 0.3) is 11.0 Å². The Morgan fingerprint density at radius 1 is 1.15 bits per heavy atom. The Morgan fingerprint density at radius 3 is 2.73 bits per heavy atom. The summed E-state index contributed by atoms with van der Waals surface area (Å²) < 4.78 is 0. The molecule has 5 nitrogen and oxygen atoms in total. The molecule has 138 valence electrons. The molecule has 2 fully saturated rings. The number of aromatic nitrogens is 2. The molecule has 0 bridgehead atoms. The Bertz CT molecular complexity index is 771. The van der Waals surface area contributed by atoms with Crippen molar-refractivity contribution in [3.05, 3.63) is 36.2 Å². The molecule has 2 aliphatic rings. The van der Waals surface area contributed by atoms with E-state index in [-0.39, 0.29) is 11.8 Å². The van der Waals surface area contributed by atoms with Gasteiger partial charge in [-0.25, -0.2) is 4.98 Å². The first-order valence-electron chi connectivity index (χ1n) is 9.90. The van der Waals surface area contributed by atoms with E-state index in [0.29, 0.717) is 12.6 Å². The number of carbonyl (C=O) groups excluding carboxylic acids is 1. The number of benzene rings is 1. The van der Waals surface area contributed by atoms with Gasteiger partial charge in [0.25, 0.3) is 0 Å². The third-order valence-electron chi connectivity index (χ3n) is 5.92. The maximum atomic E-state index is 13.0. The fourth-order valence-corrected chi connectivity index (χ4v) is 4.51. The predicted octanol–water partition coefficient (Wildman–Crippen LogP) is 3.24. The maximum Gasteiger partial charge on any atom is 0.227 e. The first-order chi connectivity index (χ1) is 12.7. The largest absolute Gasteiger partial charge is 0.340 e. The SMILES string of the molecule is CN(Cc1cnc2ccccc2n1)C(=O)[C@H]1CCCN(C2CCCC2)C1. The summed E-state index contributed by atoms with van der Waals surface area (Å²) in [4.78, 5) is 26.5. The van der Waals surface area contributed by atoms with Crippen molar-refractivity contribution in [2.24, 2.45) is 5.92 Å². The molecule has 1 aromatic heterocycles. The summed E-state index contributed by atoms with van der Waals surface area (Å²) in [6.07, 6.45) is 9.25. The smallest absolute Gasteiger partial charge is 0.227 e. The van der Waals surface area contributed by atoms with E-state index in [9.17, 15) is 4.79 Å². The summed E-state index contributed by atoms with van der Waals surface area (Å²) >= 11 is 0. The zero-order valence-electron chi connectivity index (χ0n) is 15.6. The first-order valence-corrected chi connectivity index (χ1v) is 9.90. The van der Waals surface area contributed by atoms with Crippen molar-refractivity contribution in [3.63, 3.8) is 0 Å². The number of rotatable bonds is 4. The van der Waals surface area contributed by atoms with Gasteiger partial charge in [-0.15, -0.1) is 0 Å². The van der Waals surface area contributed by atoms with Crippen LogP contribution in [0.5, 0.6) is 0 Å². The van der Waals surface area contributed by atoms with Crippen LogP contribution in [-0.4, -0.2) is 51.9 Å². The molecule has 1 saturated carbocycles. The van der Waals surface area contributed by atoms with Crippen LogP contribution in [0, 0.1) is 5.92 Å². The van der Waals surface area contributed by atoms with Crippen LogP contribution in [-0.2, 0) is 11.3 Å². The molecule has 26 heavy (non-hydrogen) atoms. The molecule has 1 atom stereocenters. The van der Waals surface area contributed by atoms with Crippen molar-refractivity contribution in [3.8, 4) is 0 Å². The molecule has 1 saturated heterocycles. The minimum atomic E-state index is 0.128. The van der Waals surface area contributed by atoms with Gasteiger partial charge in [0.1, 0.15) is 0 Å². The zero-order chi connectivity index (χ0) is 17.9. The Kier molecular flexibility index (Phi) is 5.16. The molecule has 2 aromatic rings. The topological polar surface area (TPSA) is 49.3 Å². The standard InChI is InChI=1S/C21H28N4O/c1-24(15-17-13-22-19-10-4-5-11-20(19)23-17)21(26)16-7-6-12-25(14-16)18-8-2-3-9-18/h4-5,10-11,13,16,18H,2-3,6-9,12,14-15H2,1H3/t16-/m0/s1. The number of fused-ring (bicyclic) bond motifs is 1. The van der Waals surface area contributed by atoms with Crippen LogP contribution in [0.4, 0.5) is 0 Å². The lowest BCUT2D eigenvalue weighted by Crippen LogP contribution is -2.46. The molecule has 1 amide bonds. The summed E-state index contributed by atoms with van der Waals surface area (Å²) in [5.41, 5.74) is 2.63. The quantitative estimate of drug-likeness (QED) is 0.848. The Hall–Kier alpha value is -2.01. The van der Waals surface area contributed by atoms with E-state index in [1.165, 1.54) is 25.7 Å². The van der Waals surface area contributed by atoms with E-state index < -0.39 is 0 Å². The molecular formula is C21H28N4O. The monoisotopic (exact) mass is 352 g/mol. The second-order valence-corrected chi connectivity index (χ2v) is 7.82. The normalized spacial score (nSPS) is 22.0. The van der Waals surface area contributed by atoms with Gasteiger partial charge in [0.2, 0.25) is 5.91 Å². The molecule has 1 aliphatic heterocycles. The van der Waals surface area contributed by atoms with E-state index in [0.717, 1.165) is 42.7 Å². The predicted molar refractivity (Wildman–Crippen MR) is 103 cm³/mol. The van der Waals surface area contributed by atoms with Gasteiger partial charge in [-0.3, -0.25) is 14.7 Å². The highest BCUT2D eigenvalue weighted by Gasteiger charge is 2.32. The second kappa shape index (κ2) is 7.70. The molecule has 1 aromatic carbocycles.